The van der Waals surface area contributed by atoms with E-state index >= 15 is 0 Å². The van der Waals surface area contributed by atoms with Crippen LogP contribution >= 0.6 is 0 Å². The normalized spacial score (nSPS) is 26.1. The van der Waals surface area contributed by atoms with Gasteiger partial charge in [0.05, 0.1) is 12.6 Å². The van der Waals surface area contributed by atoms with Crippen LogP contribution in [0, 0.1) is 5.92 Å². The molecule has 20 heavy (non-hydrogen) atoms. The molecule has 0 aromatic rings. The first kappa shape index (κ1) is 15.5. The van der Waals surface area contributed by atoms with E-state index in [0.717, 1.165) is 38.8 Å². The number of carbonyl (C=O) groups is 1. The summed E-state index contributed by atoms with van der Waals surface area (Å²) in [6.45, 7) is 4.22. The van der Waals surface area contributed by atoms with Gasteiger partial charge in [0, 0.05) is 18.8 Å². The summed E-state index contributed by atoms with van der Waals surface area (Å²) < 4.78 is 0. The van der Waals surface area contributed by atoms with E-state index in [2.05, 4.69) is 17.9 Å². The van der Waals surface area contributed by atoms with Gasteiger partial charge < -0.3 is 10.0 Å². The van der Waals surface area contributed by atoms with Crippen LogP contribution in [0.2, 0.25) is 0 Å². The van der Waals surface area contributed by atoms with Crippen LogP contribution < -0.4 is 0 Å². The molecule has 1 amide bonds. The number of aliphatic hydroxyl groups excluding tert-OH is 1. The third kappa shape index (κ3) is 4.06. The van der Waals surface area contributed by atoms with E-state index in [1.807, 2.05) is 11.9 Å². The van der Waals surface area contributed by atoms with Gasteiger partial charge in [0.1, 0.15) is 0 Å². The van der Waals surface area contributed by atoms with E-state index in [9.17, 15) is 9.90 Å². The Morgan fingerprint density at radius 1 is 1.40 bits per heavy atom. The van der Waals surface area contributed by atoms with Gasteiger partial charge in [-0.25, -0.2) is 0 Å². The molecule has 0 heterocycles. The third-order valence-electron chi connectivity index (χ3n) is 4.42. The van der Waals surface area contributed by atoms with Gasteiger partial charge in [-0.2, -0.15) is 0 Å². The van der Waals surface area contributed by atoms with E-state index in [4.69, 9.17) is 0 Å². The van der Waals surface area contributed by atoms with Gasteiger partial charge in [0.25, 0.3) is 0 Å². The zero-order valence-corrected chi connectivity index (χ0v) is 12.8. The lowest BCUT2D eigenvalue weighted by Gasteiger charge is -2.35. The highest BCUT2D eigenvalue weighted by molar-refractivity contribution is 5.80. The summed E-state index contributed by atoms with van der Waals surface area (Å²) in [5, 5.41) is 9.31. The zero-order chi connectivity index (χ0) is 14.5. The van der Waals surface area contributed by atoms with Gasteiger partial charge in [-0.1, -0.05) is 6.08 Å². The summed E-state index contributed by atoms with van der Waals surface area (Å²) in [4.78, 5) is 16.5. The molecule has 0 radical (unpaired) electrons. The maximum absolute atomic E-state index is 12.4. The lowest BCUT2D eigenvalue weighted by molar-refractivity contribution is -0.130. The average Bonchev–Trinajstić information content (AvgIpc) is 2.39. The fourth-order valence-corrected chi connectivity index (χ4v) is 3.28. The Labute approximate surface area is 122 Å². The summed E-state index contributed by atoms with van der Waals surface area (Å²) in [6, 6.07) is 0. The van der Waals surface area contributed by atoms with Crippen molar-refractivity contribution >= 4 is 5.91 Å². The summed E-state index contributed by atoms with van der Waals surface area (Å²) in [5.74, 6) is 0.773. The monoisotopic (exact) mass is 280 g/mol. The van der Waals surface area contributed by atoms with Crippen LogP contribution in [0.3, 0.4) is 0 Å². The molecular weight excluding hydrogens is 252 g/mol. The standard InChI is InChI=1S/C16H28N2O2/c1-3-18(14-7-5-4-6-8-14)16(20)12-17(2)11-13-9-15(19)10-13/h7,13,15,19H,3-6,8-12H2,1-2H3. The highest BCUT2D eigenvalue weighted by atomic mass is 16.3. The molecule has 2 rings (SSSR count). The van der Waals surface area contributed by atoms with Crippen molar-refractivity contribution in [2.45, 2.75) is 51.6 Å². The zero-order valence-electron chi connectivity index (χ0n) is 12.8. The Bertz CT molecular complexity index is 361. The number of carbonyl (C=O) groups excluding carboxylic acids is 1. The number of hydrogen-bond acceptors (Lipinski definition) is 3. The number of likely N-dealkylation sites (N-methyl/N-ethyl adjacent to an activating group) is 2. The molecule has 2 aliphatic rings. The molecule has 2 aliphatic carbocycles. The number of hydrogen-bond donors (Lipinski definition) is 1. The molecule has 4 heteroatoms. The first-order valence-electron chi connectivity index (χ1n) is 7.96. The van der Waals surface area contributed by atoms with Gasteiger partial charge in [-0.15, -0.1) is 0 Å². The molecule has 0 spiro atoms. The van der Waals surface area contributed by atoms with Crippen molar-refractivity contribution < 1.29 is 9.90 Å². The predicted octanol–water partition coefficient (Wildman–Crippen LogP) is 2.00. The minimum Gasteiger partial charge on any atom is -0.393 e. The molecule has 1 fully saturated rings. The van der Waals surface area contributed by atoms with Gasteiger partial charge in [0.15, 0.2) is 0 Å². The Morgan fingerprint density at radius 2 is 2.15 bits per heavy atom. The highest BCUT2D eigenvalue weighted by Crippen LogP contribution is 2.27. The first-order valence-corrected chi connectivity index (χ1v) is 7.96. The molecular formula is C16H28N2O2. The fourth-order valence-electron chi connectivity index (χ4n) is 3.28. The van der Waals surface area contributed by atoms with E-state index in [1.54, 1.807) is 0 Å². The van der Waals surface area contributed by atoms with Crippen molar-refractivity contribution in [2.24, 2.45) is 5.92 Å². The molecule has 0 aromatic carbocycles. The second kappa shape index (κ2) is 7.23. The second-order valence-electron chi connectivity index (χ2n) is 6.27. The predicted molar refractivity (Wildman–Crippen MR) is 80.2 cm³/mol. The molecule has 0 unspecified atom stereocenters. The molecule has 4 nitrogen and oxygen atoms in total. The molecule has 1 N–H and O–H groups in total. The van der Waals surface area contributed by atoms with E-state index in [-0.39, 0.29) is 12.0 Å². The van der Waals surface area contributed by atoms with Crippen LogP contribution in [0.1, 0.15) is 45.4 Å². The molecule has 114 valence electrons. The van der Waals surface area contributed by atoms with Gasteiger partial charge in [-0.3, -0.25) is 9.69 Å². The van der Waals surface area contributed by atoms with Gasteiger partial charge >= 0.3 is 0 Å². The minimum atomic E-state index is -0.108. The lowest BCUT2D eigenvalue weighted by Crippen LogP contribution is -2.42. The van der Waals surface area contributed by atoms with Crippen molar-refractivity contribution in [3.8, 4) is 0 Å². The summed E-state index contributed by atoms with van der Waals surface area (Å²) in [5.41, 5.74) is 1.22. The van der Waals surface area contributed by atoms with Crippen molar-refractivity contribution in [1.29, 1.82) is 0 Å². The highest BCUT2D eigenvalue weighted by Gasteiger charge is 2.28. The average molecular weight is 280 g/mol. The number of aliphatic hydroxyl groups is 1. The maximum Gasteiger partial charge on any atom is 0.240 e. The van der Waals surface area contributed by atoms with Gasteiger partial charge in [0.2, 0.25) is 5.91 Å². The molecule has 0 atom stereocenters. The van der Waals surface area contributed by atoms with Crippen LogP contribution in [0.4, 0.5) is 0 Å². The topological polar surface area (TPSA) is 43.8 Å². The van der Waals surface area contributed by atoms with Crippen molar-refractivity contribution in [3.63, 3.8) is 0 Å². The fraction of sp³-hybridized carbons (Fsp3) is 0.812. The van der Waals surface area contributed by atoms with Crippen LogP contribution in [0.5, 0.6) is 0 Å². The molecule has 0 saturated heterocycles. The van der Waals surface area contributed by atoms with Crippen LogP contribution in [-0.2, 0) is 4.79 Å². The van der Waals surface area contributed by atoms with Crippen molar-refractivity contribution in [2.75, 3.05) is 26.7 Å². The van der Waals surface area contributed by atoms with Crippen molar-refractivity contribution in [1.82, 2.24) is 9.80 Å². The van der Waals surface area contributed by atoms with Crippen LogP contribution in [0.15, 0.2) is 11.8 Å². The van der Waals surface area contributed by atoms with E-state index in [1.165, 1.54) is 18.5 Å². The largest absolute Gasteiger partial charge is 0.393 e. The second-order valence-corrected chi connectivity index (χ2v) is 6.27. The van der Waals surface area contributed by atoms with Gasteiger partial charge in [-0.05, 0) is 58.4 Å². The molecule has 1 saturated carbocycles. The Morgan fingerprint density at radius 3 is 2.70 bits per heavy atom. The number of amides is 1. The number of nitrogens with zero attached hydrogens (tertiary/aromatic N) is 2. The van der Waals surface area contributed by atoms with Crippen LogP contribution in [0.25, 0.3) is 0 Å². The molecule has 0 aliphatic heterocycles. The number of allylic oxidation sites excluding steroid dienone is 2. The molecule has 0 aromatic heterocycles. The lowest BCUT2D eigenvalue weighted by atomic mass is 9.82. The summed E-state index contributed by atoms with van der Waals surface area (Å²) in [6.07, 6.45) is 8.50. The summed E-state index contributed by atoms with van der Waals surface area (Å²) in [7, 11) is 2.01. The smallest absolute Gasteiger partial charge is 0.240 e. The maximum atomic E-state index is 12.4. The quantitative estimate of drug-likeness (QED) is 0.809. The number of rotatable bonds is 6. The SMILES string of the molecule is CCN(C(=O)CN(C)CC1CC(O)C1)C1=CCCCC1. The molecule has 0 bridgehead atoms. The summed E-state index contributed by atoms with van der Waals surface area (Å²) >= 11 is 0. The Hall–Kier alpha value is -0.870. The first-order chi connectivity index (χ1) is 9.60. The van der Waals surface area contributed by atoms with Crippen molar-refractivity contribution in [3.05, 3.63) is 11.8 Å². The Balaban J connectivity index is 1.80. The van der Waals surface area contributed by atoms with Crippen LogP contribution in [-0.4, -0.2) is 53.6 Å². The van der Waals surface area contributed by atoms with E-state index in [0.29, 0.717) is 12.5 Å². The van der Waals surface area contributed by atoms with E-state index < -0.39 is 0 Å². The Kier molecular flexibility index (Phi) is 5.61. The third-order valence-corrected chi connectivity index (χ3v) is 4.42. The minimum absolute atomic E-state index is 0.108.